The van der Waals surface area contributed by atoms with Gasteiger partial charge in [0.1, 0.15) is 0 Å². The van der Waals surface area contributed by atoms with E-state index < -0.39 is 0 Å². The monoisotopic (exact) mass is 666 g/mol. The Balaban J connectivity index is 1.11. The number of hydrogen-bond donors (Lipinski definition) is 0. The van der Waals surface area contributed by atoms with Crippen LogP contribution in [0.2, 0.25) is 0 Å². The number of benzene rings is 8. The molecule has 3 aromatic heterocycles. The summed E-state index contributed by atoms with van der Waals surface area (Å²) in [4.78, 5) is 0. The van der Waals surface area contributed by atoms with Crippen molar-refractivity contribution < 1.29 is 0 Å². The predicted octanol–water partition coefficient (Wildman–Crippen LogP) is 13.6. The zero-order valence-electron chi connectivity index (χ0n) is 27.6. The largest absolute Gasteiger partial charge is 0.309 e. The molecule has 8 aromatic carbocycles. The molecule has 0 aliphatic heterocycles. The standard InChI is InChI=1S/C48H30N2S/c1-2-12-31(13-3-1)33-26-34(28-36(27-33)50-43-18-8-4-14-37(43)38-15-5-9-19-44(38)50)32-22-24-35(25-23-32)49-45-20-10-6-16-39(45)41-30-48-42(29-46(41)49)40-17-7-11-21-47(40)51-48/h1-30H. The fourth-order valence-corrected chi connectivity index (χ4v) is 9.30. The fraction of sp³-hybridized carbons (Fsp3) is 0. The maximum absolute atomic E-state index is 2.43. The van der Waals surface area contributed by atoms with Gasteiger partial charge in [0.05, 0.1) is 22.1 Å². The molecular weight excluding hydrogens is 637 g/mol. The molecule has 0 aliphatic rings. The lowest BCUT2D eigenvalue weighted by molar-refractivity contribution is 1.18. The Morgan fingerprint density at radius 1 is 0.275 bits per heavy atom. The Morgan fingerprint density at radius 3 is 1.43 bits per heavy atom. The normalized spacial score (nSPS) is 11.9. The number of aromatic nitrogens is 2. The van der Waals surface area contributed by atoms with Gasteiger partial charge in [-0.05, 0) is 89.0 Å². The minimum absolute atomic E-state index is 1.15. The van der Waals surface area contributed by atoms with Crippen LogP contribution >= 0.6 is 11.3 Å². The van der Waals surface area contributed by atoms with Crippen LogP contribution in [-0.4, -0.2) is 9.13 Å². The van der Waals surface area contributed by atoms with Gasteiger partial charge >= 0.3 is 0 Å². The van der Waals surface area contributed by atoms with E-state index in [1.54, 1.807) is 0 Å². The van der Waals surface area contributed by atoms with Crippen molar-refractivity contribution in [3.05, 3.63) is 182 Å². The van der Waals surface area contributed by atoms with Crippen molar-refractivity contribution in [3.8, 4) is 33.6 Å². The number of nitrogens with zero attached hydrogens (tertiary/aromatic N) is 2. The van der Waals surface area contributed by atoms with E-state index in [0.29, 0.717) is 0 Å². The van der Waals surface area contributed by atoms with Crippen LogP contribution in [0.5, 0.6) is 0 Å². The van der Waals surface area contributed by atoms with Crippen LogP contribution in [-0.2, 0) is 0 Å². The fourth-order valence-electron chi connectivity index (χ4n) is 8.17. The first-order valence-electron chi connectivity index (χ1n) is 17.4. The van der Waals surface area contributed by atoms with Gasteiger partial charge in [0.2, 0.25) is 0 Å². The average Bonchev–Trinajstić information content (AvgIpc) is 3.84. The molecule has 0 atom stereocenters. The van der Waals surface area contributed by atoms with Crippen molar-refractivity contribution in [2.75, 3.05) is 0 Å². The van der Waals surface area contributed by atoms with Crippen LogP contribution in [0.15, 0.2) is 182 Å². The number of para-hydroxylation sites is 3. The van der Waals surface area contributed by atoms with Gasteiger partial charge in [-0.3, -0.25) is 0 Å². The van der Waals surface area contributed by atoms with Crippen LogP contribution < -0.4 is 0 Å². The Labute approximate surface area is 298 Å². The Bertz CT molecular complexity index is 3070. The molecule has 0 amide bonds. The van der Waals surface area contributed by atoms with Gasteiger partial charge in [0, 0.05) is 53.1 Å². The van der Waals surface area contributed by atoms with Crippen molar-refractivity contribution in [2.24, 2.45) is 0 Å². The highest BCUT2D eigenvalue weighted by Gasteiger charge is 2.17. The molecular formula is C48H30N2S. The molecule has 0 spiro atoms. The second-order valence-corrected chi connectivity index (χ2v) is 14.5. The molecule has 0 saturated heterocycles. The van der Waals surface area contributed by atoms with Crippen molar-refractivity contribution in [1.82, 2.24) is 9.13 Å². The summed E-state index contributed by atoms with van der Waals surface area (Å²) in [5.41, 5.74) is 12.0. The molecule has 11 rings (SSSR count). The van der Waals surface area contributed by atoms with Gasteiger partial charge in [-0.15, -0.1) is 11.3 Å². The molecule has 11 aromatic rings. The highest BCUT2D eigenvalue weighted by Crippen LogP contribution is 2.41. The van der Waals surface area contributed by atoms with Crippen LogP contribution in [0.25, 0.3) is 97.4 Å². The topological polar surface area (TPSA) is 9.86 Å². The van der Waals surface area contributed by atoms with E-state index in [2.05, 4.69) is 191 Å². The van der Waals surface area contributed by atoms with Crippen LogP contribution in [0.3, 0.4) is 0 Å². The van der Waals surface area contributed by atoms with Gasteiger partial charge in [0.25, 0.3) is 0 Å². The van der Waals surface area contributed by atoms with E-state index in [9.17, 15) is 0 Å². The van der Waals surface area contributed by atoms with Crippen molar-refractivity contribution >= 4 is 75.1 Å². The average molecular weight is 667 g/mol. The van der Waals surface area contributed by atoms with E-state index >= 15 is 0 Å². The smallest absolute Gasteiger partial charge is 0.0548 e. The first kappa shape index (κ1) is 28.4. The summed E-state index contributed by atoms with van der Waals surface area (Å²) in [5.74, 6) is 0. The first-order chi connectivity index (χ1) is 25.3. The molecule has 0 N–H and O–H groups in total. The maximum atomic E-state index is 2.43. The van der Waals surface area contributed by atoms with Crippen molar-refractivity contribution in [1.29, 1.82) is 0 Å². The first-order valence-corrected chi connectivity index (χ1v) is 18.2. The predicted molar refractivity (Wildman–Crippen MR) is 219 cm³/mol. The lowest BCUT2D eigenvalue weighted by Crippen LogP contribution is -1.96. The maximum Gasteiger partial charge on any atom is 0.0548 e. The lowest BCUT2D eigenvalue weighted by Gasteiger charge is -2.15. The third kappa shape index (κ3) is 4.35. The highest BCUT2D eigenvalue weighted by atomic mass is 32.1. The number of hydrogen-bond acceptors (Lipinski definition) is 1. The van der Waals surface area contributed by atoms with Crippen LogP contribution in [0.4, 0.5) is 0 Å². The molecule has 2 nitrogen and oxygen atoms in total. The molecule has 3 heterocycles. The second kappa shape index (κ2) is 11.0. The zero-order valence-corrected chi connectivity index (χ0v) is 28.4. The third-order valence-electron chi connectivity index (χ3n) is 10.5. The highest BCUT2D eigenvalue weighted by molar-refractivity contribution is 7.25. The van der Waals surface area contributed by atoms with Crippen molar-refractivity contribution in [3.63, 3.8) is 0 Å². The Kier molecular flexibility index (Phi) is 6.16. The Hall–Kier alpha value is -6.42. The summed E-state index contributed by atoms with van der Waals surface area (Å²) >= 11 is 1.88. The van der Waals surface area contributed by atoms with E-state index in [1.807, 2.05) is 11.3 Å². The quantitative estimate of drug-likeness (QED) is 0.177. The molecule has 0 fully saturated rings. The second-order valence-electron chi connectivity index (χ2n) is 13.4. The van der Waals surface area contributed by atoms with E-state index in [0.717, 1.165) is 11.4 Å². The summed E-state index contributed by atoms with van der Waals surface area (Å²) in [6, 6.07) is 66.7. The minimum atomic E-state index is 1.15. The summed E-state index contributed by atoms with van der Waals surface area (Å²) in [6.07, 6.45) is 0. The van der Waals surface area contributed by atoms with E-state index in [-0.39, 0.29) is 0 Å². The zero-order chi connectivity index (χ0) is 33.5. The minimum Gasteiger partial charge on any atom is -0.309 e. The molecule has 3 heteroatoms. The SMILES string of the molecule is c1ccc(-c2cc(-c3ccc(-n4c5ccccc5c5cc6sc7ccccc7c6cc54)cc3)cc(-n3c4ccccc4c4ccccc43)c2)cc1. The summed E-state index contributed by atoms with van der Waals surface area (Å²) in [6.45, 7) is 0. The lowest BCUT2D eigenvalue weighted by atomic mass is 9.97. The van der Waals surface area contributed by atoms with Crippen LogP contribution in [0.1, 0.15) is 0 Å². The molecule has 0 aliphatic carbocycles. The molecule has 0 saturated carbocycles. The van der Waals surface area contributed by atoms with E-state index in [1.165, 1.54) is 86.0 Å². The third-order valence-corrected chi connectivity index (χ3v) is 11.6. The number of fused-ring (bicyclic) bond motifs is 9. The number of rotatable bonds is 4. The number of thiophene rings is 1. The van der Waals surface area contributed by atoms with Gasteiger partial charge in [-0.2, -0.15) is 0 Å². The molecule has 0 radical (unpaired) electrons. The van der Waals surface area contributed by atoms with E-state index in [4.69, 9.17) is 0 Å². The summed E-state index contributed by atoms with van der Waals surface area (Å²) in [7, 11) is 0. The van der Waals surface area contributed by atoms with Crippen LogP contribution in [0, 0.1) is 0 Å². The Morgan fingerprint density at radius 2 is 0.784 bits per heavy atom. The summed E-state index contributed by atoms with van der Waals surface area (Å²) in [5, 5.41) is 7.75. The molecule has 238 valence electrons. The van der Waals surface area contributed by atoms with Crippen molar-refractivity contribution in [2.45, 2.75) is 0 Å². The van der Waals surface area contributed by atoms with Gasteiger partial charge in [-0.1, -0.05) is 115 Å². The molecule has 0 unspecified atom stereocenters. The molecule has 51 heavy (non-hydrogen) atoms. The van der Waals surface area contributed by atoms with Gasteiger partial charge < -0.3 is 9.13 Å². The molecule has 0 bridgehead atoms. The summed E-state index contributed by atoms with van der Waals surface area (Å²) < 4.78 is 7.52. The van der Waals surface area contributed by atoms with Gasteiger partial charge in [-0.25, -0.2) is 0 Å². The van der Waals surface area contributed by atoms with Gasteiger partial charge in [0.15, 0.2) is 0 Å².